The summed E-state index contributed by atoms with van der Waals surface area (Å²) in [4.78, 5) is 0. The maximum Gasteiger partial charge on any atom is 0.123 e. The van der Waals surface area contributed by atoms with E-state index < -0.39 is 0 Å². The average Bonchev–Trinajstić information content (AvgIpc) is 2.77. The van der Waals surface area contributed by atoms with Gasteiger partial charge in [0.25, 0.3) is 0 Å². The normalized spacial score (nSPS) is 12.6. The Labute approximate surface area is 113 Å². The van der Waals surface area contributed by atoms with Crippen molar-refractivity contribution in [3.63, 3.8) is 0 Å². The van der Waals surface area contributed by atoms with Gasteiger partial charge in [-0.25, -0.2) is 4.39 Å². The number of aryl methyl sites for hydroxylation is 2. The third-order valence-electron chi connectivity index (χ3n) is 3.33. The number of halogens is 1. The van der Waals surface area contributed by atoms with E-state index in [1.54, 1.807) is 12.1 Å². The molecule has 1 aromatic heterocycles. The predicted octanol–water partition coefficient (Wildman–Crippen LogP) is 2.62. The highest BCUT2D eigenvalue weighted by Crippen LogP contribution is 2.21. The highest BCUT2D eigenvalue weighted by atomic mass is 19.1. The lowest BCUT2D eigenvalue weighted by molar-refractivity contribution is 0.579. The molecule has 0 saturated heterocycles. The second kappa shape index (κ2) is 5.97. The highest BCUT2D eigenvalue weighted by molar-refractivity contribution is 5.25. The van der Waals surface area contributed by atoms with Crippen molar-refractivity contribution >= 4 is 0 Å². The topological polar surface area (TPSA) is 29.9 Å². The van der Waals surface area contributed by atoms with Crippen molar-refractivity contribution in [1.82, 2.24) is 15.1 Å². The van der Waals surface area contributed by atoms with Gasteiger partial charge in [-0.3, -0.25) is 4.68 Å². The number of benzene rings is 1. The Morgan fingerprint density at radius 3 is 2.84 bits per heavy atom. The van der Waals surface area contributed by atoms with Crippen LogP contribution in [0, 0.1) is 5.82 Å². The zero-order valence-electron chi connectivity index (χ0n) is 11.7. The minimum absolute atomic E-state index is 0.158. The highest BCUT2D eigenvalue weighted by Gasteiger charge is 2.16. The van der Waals surface area contributed by atoms with Crippen LogP contribution in [0.5, 0.6) is 0 Å². The minimum Gasteiger partial charge on any atom is -0.313 e. The monoisotopic (exact) mass is 261 g/mol. The molecule has 102 valence electrons. The Morgan fingerprint density at radius 2 is 2.21 bits per heavy atom. The smallest absolute Gasteiger partial charge is 0.123 e. The molecule has 0 aliphatic heterocycles. The molecule has 1 atom stereocenters. The van der Waals surface area contributed by atoms with Gasteiger partial charge in [-0.1, -0.05) is 19.1 Å². The zero-order valence-corrected chi connectivity index (χ0v) is 11.7. The molecule has 1 unspecified atom stereocenters. The third kappa shape index (κ3) is 3.20. The van der Waals surface area contributed by atoms with Gasteiger partial charge in [0.15, 0.2) is 0 Å². The van der Waals surface area contributed by atoms with Gasteiger partial charge < -0.3 is 5.32 Å². The first kappa shape index (κ1) is 13.7. The molecular weight excluding hydrogens is 241 g/mol. The molecule has 0 fully saturated rings. The van der Waals surface area contributed by atoms with Crippen molar-refractivity contribution in [1.29, 1.82) is 0 Å². The van der Waals surface area contributed by atoms with E-state index >= 15 is 0 Å². The van der Waals surface area contributed by atoms with Crippen molar-refractivity contribution in [3.8, 4) is 0 Å². The van der Waals surface area contributed by atoms with E-state index in [9.17, 15) is 4.39 Å². The van der Waals surface area contributed by atoms with Crippen LogP contribution < -0.4 is 5.32 Å². The van der Waals surface area contributed by atoms with Crippen molar-refractivity contribution in [2.75, 3.05) is 7.05 Å². The van der Waals surface area contributed by atoms with Gasteiger partial charge in [0.2, 0.25) is 0 Å². The summed E-state index contributed by atoms with van der Waals surface area (Å²) in [6.07, 6.45) is 3.70. The lowest BCUT2D eigenvalue weighted by atomic mass is 9.98. The van der Waals surface area contributed by atoms with Crippen LogP contribution in [0.1, 0.15) is 29.8 Å². The standard InChI is InChI=1S/C15H20FN3/c1-4-14-13(10-19(3)18-14)15(17-2)9-11-6-5-7-12(16)8-11/h5-8,10,15,17H,4,9H2,1-3H3. The number of hydrogen-bond donors (Lipinski definition) is 1. The van der Waals surface area contributed by atoms with Gasteiger partial charge in [-0.2, -0.15) is 5.10 Å². The Balaban J connectivity index is 2.24. The molecule has 1 N–H and O–H groups in total. The fourth-order valence-corrected chi connectivity index (χ4v) is 2.39. The fourth-order valence-electron chi connectivity index (χ4n) is 2.39. The van der Waals surface area contributed by atoms with Crippen LogP contribution in [0.4, 0.5) is 4.39 Å². The predicted molar refractivity (Wildman–Crippen MR) is 74.5 cm³/mol. The van der Waals surface area contributed by atoms with Crippen LogP contribution >= 0.6 is 0 Å². The first-order chi connectivity index (χ1) is 9.13. The number of nitrogens with zero attached hydrogens (tertiary/aromatic N) is 2. The number of nitrogens with one attached hydrogen (secondary N) is 1. The third-order valence-corrected chi connectivity index (χ3v) is 3.33. The second-order valence-electron chi connectivity index (χ2n) is 4.73. The zero-order chi connectivity index (χ0) is 13.8. The van der Waals surface area contributed by atoms with E-state index in [1.165, 1.54) is 11.6 Å². The average molecular weight is 261 g/mol. The quantitative estimate of drug-likeness (QED) is 0.896. The summed E-state index contributed by atoms with van der Waals surface area (Å²) in [5.41, 5.74) is 3.28. The van der Waals surface area contributed by atoms with Crippen LogP contribution in [0.3, 0.4) is 0 Å². The molecule has 0 saturated carbocycles. The molecule has 0 spiro atoms. The van der Waals surface area contributed by atoms with E-state index in [0.717, 1.165) is 24.1 Å². The molecule has 4 heteroatoms. The van der Waals surface area contributed by atoms with E-state index in [0.29, 0.717) is 0 Å². The van der Waals surface area contributed by atoms with E-state index in [2.05, 4.69) is 17.3 Å². The van der Waals surface area contributed by atoms with E-state index in [1.807, 2.05) is 31.0 Å². The summed E-state index contributed by atoms with van der Waals surface area (Å²) < 4.78 is 15.1. The number of rotatable bonds is 5. The number of hydrogen-bond acceptors (Lipinski definition) is 2. The van der Waals surface area contributed by atoms with Crippen molar-refractivity contribution in [2.45, 2.75) is 25.8 Å². The molecule has 0 aliphatic carbocycles. The van der Waals surface area contributed by atoms with Crippen LogP contribution in [0.15, 0.2) is 30.5 Å². The van der Waals surface area contributed by atoms with E-state index in [-0.39, 0.29) is 11.9 Å². The first-order valence-corrected chi connectivity index (χ1v) is 6.58. The summed E-state index contributed by atoms with van der Waals surface area (Å²) in [6.45, 7) is 2.10. The van der Waals surface area contributed by atoms with Crippen LogP contribution in [0.25, 0.3) is 0 Å². The minimum atomic E-state index is -0.186. The van der Waals surface area contributed by atoms with Gasteiger partial charge in [0.1, 0.15) is 5.82 Å². The Hall–Kier alpha value is -1.68. The van der Waals surface area contributed by atoms with E-state index in [4.69, 9.17) is 0 Å². The van der Waals surface area contributed by atoms with Crippen LogP contribution in [-0.4, -0.2) is 16.8 Å². The molecule has 2 rings (SSSR count). The van der Waals surface area contributed by atoms with Gasteiger partial charge in [-0.05, 0) is 37.6 Å². The van der Waals surface area contributed by atoms with Crippen LogP contribution in [-0.2, 0) is 19.9 Å². The molecule has 2 aromatic rings. The summed E-state index contributed by atoms with van der Waals surface area (Å²) >= 11 is 0. The summed E-state index contributed by atoms with van der Waals surface area (Å²) in [5.74, 6) is -0.186. The second-order valence-corrected chi connectivity index (χ2v) is 4.73. The SMILES string of the molecule is CCc1nn(C)cc1C(Cc1cccc(F)c1)NC. The molecule has 0 bridgehead atoms. The Bertz CT molecular complexity index is 548. The molecule has 19 heavy (non-hydrogen) atoms. The number of aromatic nitrogens is 2. The van der Waals surface area contributed by atoms with Gasteiger partial charge in [-0.15, -0.1) is 0 Å². The largest absolute Gasteiger partial charge is 0.313 e. The first-order valence-electron chi connectivity index (χ1n) is 6.58. The van der Waals surface area contributed by atoms with Crippen molar-refractivity contribution in [2.24, 2.45) is 7.05 Å². The van der Waals surface area contributed by atoms with Crippen molar-refractivity contribution in [3.05, 3.63) is 53.1 Å². The maximum atomic E-state index is 13.2. The molecule has 0 amide bonds. The fraction of sp³-hybridized carbons (Fsp3) is 0.400. The summed E-state index contributed by atoms with van der Waals surface area (Å²) in [7, 11) is 3.86. The lowest BCUT2D eigenvalue weighted by Crippen LogP contribution is -2.19. The Kier molecular flexibility index (Phi) is 4.32. The van der Waals surface area contributed by atoms with Gasteiger partial charge in [0.05, 0.1) is 5.69 Å². The Morgan fingerprint density at radius 1 is 1.42 bits per heavy atom. The van der Waals surface area contributed by atoms with Crippen molar-refractivity contribution < 1.29 is 4.39 Å². The van der Waals surface area contributed by atoms with Gasteiger partial charge >= 0.3 is 0 Å². The maximum absolute atomic E-state index is 13.2. The molecule has 0 aliphatic rings. The lowest BCUT2D eigenvalue weighted by Gasteiger charge is -2.16. The molecule has 3 nitrogen and oxygen atoms in total. The molecular formula is C15H20FN3. The summed E-state index contributed by atoms with van der Waals surface area (Å²) in [5, 5.41) is 7.76. The summed E-state index contributed by atoms with van der Waals surface area (Å²) in [6, 6.07) is 6.92. The molecule has 0 radical (unpaired) electrons. The number of likely N-dealkylation sites (N-methyl/N-ethyl adjacent to an activating group) is 1. The molecule has 1 heterocycles. The van der Waals surface area contributed by atoms with Gasteiger partial charge in [0, 0.05) is 24.8 Å². The molecule has 1 aromatic carbocycles. The van der Waals surface area contributed by atoms with Crippen LogP contribution in [0.2, 0.25) is 0 Å².